The van der Waals surface area contributed by atoms with Crippen LogP contribution in [0.25, 0.3) is 0 Å². The minimum atomic E-state index is -0.0567. The Morgan fingerprint density at radius 2 is 1.88 bits per heavy atom. The van der Waals surface area contributed by atoms with E-state index in [2.05, 4.69) is 29.0 Å². The maximum absolute atomic E-state index is 12.3. The molecule has 0 unspecified atom stereocenters. The van der Waals surface area contributed by atoms with Gasteiger partial charge in [0.05, 0.1) is 0 Å². The van der Waals surface area contributed by atoms with E-state index in [0.717, 1.165) is 24.3 Å². The van der Waals surface area contributed by atoms with Crippen molar-refractivity contribution in [3.8, 4) is 0 Å². The Morgan fingerprint density at radius 1 is 1.12 bits per heavy atom. The molecule has 0 saturated heterocycles. The maximum atomic E-state index is 12.3. The van der Waals surface area contributed by atoms with Crippen LogP contribution >= 0.6 is 0 Å². The lowest BCUT2D eigenvalue weighted by Crippen LogP contribution is -2.25. The second kappa shape index (κ2) is 9.06. The molecule has 4 nitrogen and oxygen atoms in total. The van der Waals surface area contributed by atoms with E-state index in [9.17, 15) is 4.79 Å². The maximum Gasteiger partial charge on any atom is 0.251 e. The number of pyridine rings is 1. The van der Waals surface area contributed by atoms with Crippen molar-refractivity contribution in [2.45, 2.75) is 40.2 Å². The van der Waals surface area contributed by atoms with Gasteiger partial charge in [0, 0.05) is 42.8 Å². The third-order valence-electron chi connectivity index (χ3n) is 4.08. The number of rotatable bonds is 8. The van der Waals surface area contributed by atoms with Gasteiger partial charge in [-0.15, -0.1) is 0 Å². The van der Waals surface area contributed by atoms with E-state index < -0.39 is 0 Å². The Kier molecular flexibility index (Phi) is 6.79. The highest BCUT2D eigenvalue weighted by Gasteiger charge is 2.08. The Morgan fingerprint density at radius 3 is 2.46 bits per heavy atom. The van der Waals surface area contributed by atoms with Crippen LogP contribution in [0.2, 0.25) is 0 Å². The molecule has 0 fully saturated rings. The van der Waals surface area contributed by atoms with E-state index in [1.165, 1.54) is 18.5 Å². The fourth-order valence-electron chi connectivity index (χ4n) is 2.53. The summed E-state index contributed by atoms with van der Waals surface area (Å²) in [5, 5.41) is 2.94. The van der Waals surface area contributed by atoms with Crippen LogP contribution in [0, 0.1) is 6.92 Å². The lowest BCUT2D eigenvalue weighted by molar-refractivity contribution is 0.0951. The average molecular weight is 325 g/mol. The number of anilines is 1. The number of aryl methyl sites for hydroxylation is 1. The molecule has 2 aromatic rings. The van der Waals surface area contributed by atoms with Crippen LogP contribution in [0.15, 0.2) is 42.6 Å². The second-order valence-corrected chi connectivity index (χ2v) is 5.97. The number of unbranched alkanes of at least 4 members (excludes halogenated alkanes) is 1. The molecule has 0 spiro atoms. The highest BCUT2D eigenvalue weighted by Crippen LogP contribution is 2.16. The summed E-state index contributed by atoms with van der Waals surface area (Å²) in [5.41, 5.74) is 3.84. The third kappa shape index (κ3) is 5.08. The predicted molar refractivity (Wildman–Crippen MR) is 99.4 cm³/mol. The van der Waals surface area contributed by atoms with Gasteiger partial charge in [-0.05, 0) is 56.2 Å². The van der Waals surface area contributed by atoms with Crippen LogP contribution in [0.3, 0.4) is 0 Å². The molecule has 0 radical (unpaired) electrons. The molecule has 0 aliphatic rings. The molecule has 0 atom stereocenters. The zero-order valence-corrected chi connectivity index (χ0v) is 14.9. The molecule has 1 aromatic carbocycles. The van der Waals surface area contributed by atoms with Crippen LogP contribution in [-0.4, -0.2) is 24.0 Å². The molecular weight excluding hydrogens is 298 g/mol. The Labute approximate surface area is 144 Å². The predicted octanol–water partition coefficient (Wildman–Crippen LogP) is 3.95. The Bertz CT molecular complexity index is 635. The lowest BCUT2D eigenvalue weighted by atomic mass is 10.1. The van der Waals surface area contributed by atoms with Crippen molar-refractivity contribution in [1.29, 1.82) is 0 Å². The van der Waals surface area contributed by atoms with Gasteiger partial charge in [-0.1, -0.05) is 19.4 Å². The molecular formula is C20H27N3O. The summed E-state index contributed by atoms with van der Waals surface area (Å²) >= 11 is 0. The van der Waals surface area contributed by atoms with Gasteiger partial charge in [0.2, 0.25) is 0 Å². The molecule has 2 rings (SSSR count). The van der Waals surface area contributed by atoms with E-state index >= 15 is 0 Å². The fourth-order valence-corrected chi connectivity index (χ4v) is 2.53. The monoisotopic (exact) mass is 325 g/mol. The first-order chi connectivity index (χ1) is 11.6. The van der Waals surface area contributed by atoms with E-state index in [4.69, 9.17) is 0 Å². The molecule has 24 heavy (non-hydrogen) atoms. The average Bonchev–Trinajstić information content (AvgIpc) is 2.62. The van der Waals surface area contributed by atoms with Crippen LogP contribution in [0.1, 0.15) is 48.3 Å². The lowest BCUT2D eigenvalue weighted by Gasteiger charge is -2.23. The smallest absolute Gasteiger partial charge is 0.251 e. The first-order valence-corrected chi connectivity index (χ1v) is 8.68. The molecule has 1 aromatic heterocycles. The van der Waals surface area contributed by atoms with Crippen LogP contribution in [0.5, 0.6) is 0 Å². The van der Waals surface area contributed by atoms with E-state index in [1.54, 1.807) is 6.20 Å². The largest absolute Gasteiger partial charge is 0.372 e. The fraction of sp³-hybridized carbons (Fsp3) is 0.400. The molecule has 1 heterocycles. The van der Waals surface area contributed by atoms with Crippen molar-refractivity contribution in [3.63, 3.8) is 0 Å². The van der Waals surface area contributed by atoms with Gasteiger partial charge in [0.1, 0.15) is 0 Å². The Hall–Kier alpha value is -2.36. The number of benzene rings is 1. The van der Waals surface area contributed by atoms with Crippen LogP contribution < -0.4 is 10.2 Å². The summed E-state index contributed by atoms with van der Waals surface area (Å²) in [6.45, 7) is 8.83. The van der Waals surface area contributed by atoms with E-state index in [0.29, 0.717) is 12.1 Å². The summed E-state index contributed by atoms with van der Waals surface area (Å²) in [5.74, 6) is -0.0567. The van der Waals surface area contributed by atoms with Gasteiger partial charge in [-0.3, -0.25) is 9.78 Å². The number of amides is 1. The molecule has 0 bridgehead atoms. The first kappa shape index (κ1) is 18.0. The zero-order valence-electron chi connectivity index (χ0n) is 14.9. The number of hydrogen-bond donors (Lipinski definition) is 1. The van der Waals surface area contributed by atoms with Gasteiger partial charge < -0.3 is 10.2 Å². The highest BCUT2D eigenvalue weighted by molar-refractivity contribution is 5.94. The summed E-state index contributed by atoms with van der Waals surface area (Å²) in [6, 6.07) is 11.8. The van der Waals surface area contributed by atoms with Crippen molar-refractivity contribution in [2.75, 3.05) is 18.0 Å². The van der Waals surface area contributed by atoms with Crippen molar-refractivity contribution in [1.82, 2.24) is 10.3 Å². The second-order valence-electron chi connectivity index (χ2n) is 5.97. The molecule has 1 N–H and O–H groups in total. The van der Waals surface area contributed by atoms with E-state index in [1.807, 2.05) is 43.3 Å². The van der Waals surface area contributed by atoms with Crippen molar-refractivity contribution >= 4 is 11.6 Å². The number of carbonyl (C=O) groups excluding carboxylic acids is 1. The summed E-state index contributed by atoms with van der Waals surface area (Å²) in [7, 11) is 0. The van der Waals surface area contributed by atoms with Gasteiger partial charge in [0.25, 0.3) is 5.91 Å². The Balaban J connectivity index is 1.93. The molecule has 0 saturated carbocycles. The summed E-state index contributed by atoms with van der Waals surface area (Å²) < 4.78 is 0. The van der Waals surface area contributed by atoms with Crippen LogP contribution in [-0.2, 0) is 6.54 Å². The van der Waals surface area contributed by atoms with Gasteiger partial charge in [-0.2, -0.15) is 0 Å². The number of carbonyl (C=O) groups is 1. The number of nitrogens with one attached hydrogen (secondary N) is 1. The molecule has 0 aliphatic heterocycles. The zero-order chi connectivity index (χ0) is 17.4. The van der Waals surface area contributed by atoms with Gasteiger partial charge in [0.15, 0.2) is 0 Å². The first-order valence-electron chi connectivity index (χ1n) is 8.68. The SMILES string of the molecule is CCCCN(CC)c1ccc(C(=O)NCc2ccc(C)nc2)cc1. The van der Waals surface area contributed by atoms with E-state index in [-0.39, 0.29) is 5.91 Å². The molecule has 1 amide bonds. The standard InChI is InChI=1S/C20H27N3O/c1-4-6-13-23(5-2)19-11-9-18(10-12-19)20(24)22-15-17-8-7-16(3)21-14-17/h7-12,14H,4-6,13,15H2,1-3H3,(H,22,24). The van der Waals surface area contributed by atoms with Crippen molar-refractivity contribution in [3.05, 3.63) is 59.4 Å². The number of aromatic nitrogens is 1. The number of nitrogens with zero attached hydrogens (tertiary/aromatic N) is 2. The topological polar surface area (TPSA) is 45.2 Å². The number of hydrogen-bond acceptors (Lipinski definition) is 3. The molecule has 0 aliphatic carbocycles. The summed E-state index contributed by atoms with van der Waals surface area (Å²) in [6.07, 6.45) is 4.16. The highest BCUT2D eigenvalue weighted by atomic mass is 16.1. The summed E-state index contributed by atoms with van der Waals surface area (Å²) in [4.78, 5) is 18.8. The minimum absolute atomic E-state index is 0.0567. The van der Waals surface area contributed by atoms with Crippen molar-refractivity contribution < 1.29 is 4.79 Å². The van der Waals surface area contributed by atoms with Gasteiger partial charge >= 0.3 is 0 Å². The minimum Gasteiger partial charge on any atom is -0.372 e. The normalized spacial score (nSPS) is 10.5. The third-order valence-corrected chi connectivity index (χ3v) is 4.08. The van der Waals surface area contributed by atoms with Gasteiger partial charge in [-0.25, -0.2) is 0 Å². The van der Waals surface area contributed by atoms with Crippen LogP contribution in [0.4, 0.5) is 5.69 Å². The quantitative estimate of drug-likeness (QED) is 0.799. The van der Waals surface area contributed by atoms with Crippen molar-refractivity contribution in [2.24, 2.45) is 0 Å². The molecule has 4 heteroatoms. The molecule has 128 valence electrons.